The average molecular weight is 414 g/mol. The summed E-state index contributed by atoms with van der Waals surface area (Å²) in [6.07, 6.45) is 3.61. The number of carboxylic acid groups (broad SMARTS) is 1. The van der Waals surface area contributed by atoms with Crippen LogP contribution in [0.1, 0.15) is 21.6 Å². The molecule has 0 unspecified atom stereocenters. The zero-order valence-corrected chi connectivity index (χ0v) is 15.8. The Kier molecular flexibility index (Phi) is 5.23. The van der Waals surface area contributed by atoms with Crippen molar-refractivity contribution in [3.8, 4) is 11.5 Å². The summed E-state index contributed by atoms with van der Waals surface area (Å²) in [7, 11) is 3.15. The Balaban J connectivity index is 2.05. The van der Waals surface area contributed by atoms with Crippen LogP contribution in [0.25, 0.3) is 23.1 Å². The lowest BCUT2D eigenvalue weighted by Crippen LogP contribution is -2.00. The molecule has 0 amide bonds. The Morgan fingerprint density at radius 3 is 2.46 bits per heavy atom. The lowest BCUT2D eigenvalue weighted by atomic mass is 10.1. The second-order valence-electron chi connectivity index (χ2n) is 5.48. The molecule has 0 atom stereocenters. The molecule has 0 saturated carbocycles. The number of nitrogens with zero attached hydrogens (tertiary/aromatic N) is 1. The standard InChI is InChI=1S/C20H16BrNO4/c1-25-18-9-12(16(21)11-19(18)26-2)7-8-13-10-15(20(23)24)14-5-3-4-6-17(14)22-13/h3-11H,1-2H3,(H,23,24)/b8-7+. The smallest absolute Gasteiger partial charge is 0.336 e. The minimum absolute atomic E-state index is 0.224. The van der Waals surface area contributed by atoms with Gasteiger partial charge in [0.25, 0.3) is 0 Å². The van der Waals surface area contributed by atoms with E-state index in [9.17, 15) is 9.90 Å². The summed E-state index contributed by atoms with van der Waals surface area (Å²) >= 11 is 3.50. The van der Waals surface area contributed by atoms with Crippen molar-refractivity contribution in [3.63, 3.8) is 0 Å². The fourth-order valence-corrected chi connectivity index (χ4v) is 3.09. The van der Waals surface area contributed by atoms with E-state index in [2.05, 4.69) is 20.9 Å². The fraction of sp³-hybridized carbons (Fsp3) is 0.100. The third kappa shape index (κ3) is 3.55. The van der Waals surface area contributed by atoms with Crippen LogP contribution in [0.5, 0.6) is 11.5 Å². The molecule has 132 valence electrons. The van der Waals surface area contributed by atoms with Crippen molar-refractivity contribution in [2.24, 2.45) is 0 Å². The highest BCUT2D eigenvalue weighted by molar-refractivity contribution is 9.10. The minimum atomic E-state index is -0.981. The van der Waals surface area contributed by atoms with Gasteiger partial charge in [-0.05, 0) is 35.9 Å². The molecule has 1 heterocycles. The molecule has 0 spiro atoms. The highest BCUT2D eigenvalue weighted by atomic mass is 79.9. The van der Waals surface area contributed by atoms with E-state index in [1.165, 1.54) is 0 Å². The highest BCUT2D eigenvalue weighted by Crippen LogP contribution is 2.34. The van der Waals surface area contributed by atoms with Crippen molar-refractivity contribution in [1.82, 2.24) is 4.98 Å². The van der Waals surface area contributed by atoms with Crippen LogP contribution in [0.4, 0.5) is 0 Å². The van der Waals surface area contributed by atoms with Crippen LogP contribution in [0.2, 0.25) is 0 Å². The second-order valence-corrected chi connectivity index (χ2v) is 6.33. The van der Waals surface area contributed by atoms with Crippen LogP contribution in [0, 0.1) is 0 Å². The number of fused-ring (bicyclic) bond motifs is 1. The number of methoxy groups -OCH3 is 2. The van der Waals surface area contributed by atoms with Gasteiger partial charge in [-0.15, -0.1) is 0 Å². The van der Waals surface area contributed by atoms with Gasteiger partial charge in [-0.3, -0.25) is 0 Å². The van der Waals surface area contributed by atoms with E-state index in [-0.39, 0.29) is 5.56 Å². The van der Waals surface area contributed by atoms with Gasteiger partial charge in [-0.1, -0.05) is 40.2 Å². The van der Waals surface area contributed by atoms with E-state index in [0.717, 1.165) is 10.0 Å². The molecule has 1 N–H and O–H groups in total. The predicted molar refractivity (Wildman–Crippen MR) is 105 cm³/mol. The molecule has 2 aromatic carbocycles. The number of aromatic carboxylic acids is 1. The Bertz CT molecular complexity index is 1010. The Hall–Kier alpha value is -2.86. The number of carboxylic acids is 1. The summed E-state index contributed by atoms with van der Waals surface area (Å²) in [6, 6.07) is 12.4. The van der Waals surface area contributed by atoms with Gasteiger partial charge in [0.15, 0.2) is 11.5 Å². The minimum Gasteiger partial charge on any atom is -0.493 e. The number of para-hydroxylation sites is 1. The van der Waals surface area contributed by atoms with Crippen molar-refractivity contribution >= 4 is 45.0 Å². The molecule has 0 aliphatic carbocycles. The molecule has 3 aromatic rings. The van der Waals surface area contributed by atoms with Crippen molar-refractivity contribution < 1.29 is 19.4 Å². The first-order valence-electron chi connectivity index (χ1n) is 7.76. The lowest BCUT2D eigenvalue weighted by Gasteiger charge is -2.10. The largest absolute Gasteiger partial charge is 0.493 e. The quantitative estimate of drug-likeness (QED) is 0.645. The Labute approximate surface area is 159 Å². The Morgan fingerprint density at radius 2 is 1.77 bits per heavy atom. The topological polar surface area (TPSA) is 68.7 Å². The van der Waals surface area contributed by atoms with Gasteiger partial charge in [0.1, 0.15) is 0 Å². The van der Waals surface area contributed by atoms with Crippen LogP contribution in [-0.4, -0.2) is 30.3 Å². The molecule has 0 aliphatic heterocycles. The second kappa shape index (κ2) is 7.58. The van der Waals surface area contributed by atoms with E-state index in [0.29, 0.717) is 28.1 Å². The van der Waals surface area contributed by atoms with Crippen LogP contribution in [0.3, 0.4) is 0 Å². The lowest BCUT2D eigenvalue weighted by molar-refractivity contribution is 0.0699. The number of halogens is 1. The maximum Gasteiger partial charge on any atom is 0.336 e. The van der Waals surface area contributed by atoms with Crippen LogP contribution < -0.4 is 9.47 Å². The molecule has 1 aromatic heterocycles. The van der Waals surface area contributed by atoms with Gasteiger partial charge in [-0.2, -0.15) is 0 Å². The summed E-state index contributed by atoms with van der Waals surface area (Å²) in [5.74, 6) is 0.243. The van der Waals surface area contributed by atoms with E-state index in [4.69, 9.17) is 9.47 Å². The molecular weight excluding hydrogens is 398 g/mol. The molecule has 0 bridgehead atoms. The van der Waals surface area contributed by atoms with Crippen LogP contribution in [0.15, 0.2) is 46.9 Å². The summed E-state index contributed by atoms with van der Waals surface area (Å²) in [5.41, 5.74) is 2.28. The van der Waals surface area contributed by atoms with E-state index in [1.54, 1.807) is 44.6 Å². The fourth-order valence-electron chi connectivity index (χ4n) is 2.63. The molecule has 0 fully saturated rings. The van der Waals surface area contributed by atoms with E-state index >= 15 is 0 Å². The molecule has 6 heteroatoms. The predicted octanol–water partition coefficient (Wildman–Crippen LogP) is 4.88. The molecule has 0 radical (unpaired) electrons. The van der Waals surface area contributed by atoms with Crippen molar-refractivity contribution in [1.29, 1.82) is 0 Å². The molecule has 3 rings (SSSR count). The molecule has 5 nitrogen and oxygen atoms in total. The van der Waals surface area contributed by atoms with Crippen molar-refractivity contribution in [2.75, 3.05) is 14.2 Å². The normalized spacial score (nSPS) is 11.0. The van der Waals surface area contributed by atoms with Gasteiger partial charge < -0.3 is 14.6 Å². The molecule has 0 aliphatic rings. The van der Waals surface area contributed by atoms with E-state index < -0.39 is 5.97 Å². The summed E-state index contributed by atoms with van der Waals surface area (Å²) in [6.45, 7) is 0. The zero-order valence-electron chi connectivity index (χ0n) is 14.2. The molecular formula is C20H16BrNO4. The van der Waals surface area contributed by atoms with Gasteiger partial charge in [0.2, 0.25) is 0 Å². The van der Waals surface area contributed by atoms with Gasteiger partial charge in [-0.25, -0.2) is 9.78 Å². The van der Waals surface area contributed by atoms with Gasteiger partial charge in [0, 0.05) is 9.86 Å². The maximum atomic E-state index is 11.6. The number of aromatic nitrogens is 1. The van der Waals surface area contributed by atoms with Gasteiger partial charge in [0.05, 0.1) is 31.0 Å². The first kappa shape index (κ1) is 17.9. The highest BCUT2D eigenvalue weighted by Gasteiger charge is 2.11. The molecule has 26 heavy (non-hydrogen) atoms. The maximum absolute atomic E-state index is 11.6. The third-order valence-corrected chi connectivity index (χ3v) is 4.59. The summed E-state index contributed by atoms with van der Waals surface area (Å²) in [5, 5.41) is 10.1. The van der Waals surface area contributed by atoms with Crippen LogP contribution >= 0.6 is 15.9 Å². The number of hydrogen-bond acceptors (Lipinski definition) is 4. The Morgan fingerprint density at radius 1 is 1.08 bits per heavy atom. The number of pyridine rings is 1. The van der Waals surface area contributed by atoms with E-state index in [1.807, 2.05) is 24.3 Å². The average Bonchev–Trinajstić information content (AvgIpc) is 2.65. The monoisotopic (exact) mass is 413 g/mol. The number of ether oxygens (including phenoxy) is 2. The molecule has 0 saturated heterocycles. The van der Waals surface area contributed by atoms with Crippen molar-refractivity contribution in [2.45, 2.75) is 0 Å². The third-order valence-electron chi connectivity index (χ3n) is 3.90. The summed E-state index contributed by atoms with van der Waals surface area (Å²) < 4.78 is 11.4. The summed E-state index contributed by atoms with van der Waals surface area (Å²) in [4.78, 5) is 16.1. The number of carbonyl (C=O) groups is 1. The number of benzene rings is 2. The van der Waals surface area contributed by atoms with Crippen molar-refractivity contribution in [3.05, 3.63) is 63.8 Å². The first-order valence-corrected chi connectivity index (χ1v) is 8.55. The zero-order chi connectivity index (χ0) is 18.7. The van der Waals surface area contributed by atoms with Gasteiger partial charge >= 0.3 is 5.97 Å². The first-order chi connectivity index (χ1) is 12.5. The number of rotatable bonds is 5. The SMILES string of the molecule is COc1cc(Br)c(/C=C/c2cc(C(=O)O)c3ccccc3n2)cc1OC. The van der Waals surface area contributed by atoms with Crippen LogP contribution in [-0.2, 0) is 0 Å². The number of hydrogen-bond donors (Lipinski definition) is 1.